The van der Waals surface area contributed by atoms with Crippen molar-refractivity contribution in [2.75, 3.05) is 0 Å². The first-order chi connectivity index (χ1) is 10.6. The molecule has 0 spiro atoms. The molecule has 0 fully saturated rings. The van der Waals surface area contributed by atoms with Crippen LogP contribution in [-0.4, -0.2) is 20.9 Å². The summed E-state index contributed by atoms with van der Waals surface area (Å²) in [5.41, 5.74) is 1.50. The Bertz CT molecular complexity index is 844. The van der Waals surface area contributed by atoms with E-state index < -0.39 is 11.8 Å². The normalized spacial score (nSPS) is 10.6. The van der Waals surface area contributed by atoms with E-state index in [1.165, 1.54) is 35.0 Å². The molecule has 1 aromatic heterocycles. The summed E-state index contributed by atoms with van der Waals surface area (Å²) in [5, 5.41) is 14.1. The van der Waals surface area contributed by atoms with E-state index >= 15 is 0 Å². The Balaban J connectivity index is 2.17. The number of rotatable bonds is 3. The van der Waals surface area contributed by atoms with Crippen molar-refractivity contribution in [1.82, 2.24) is 9.78 Å². The van der Waals surface area contributed by atoms with Gasteiger partial charge in [-0.05, 0) is 36.4 Å². The van der Waals surface area contributed by atoms with Crippen LogP contribution in [0.4, 0.5) is 4.39 Å². The zero-order chi connectivity index (χ0) is 15.7. The minimum Gasteiger partial charge on any atom is -0.477 e. The third-order valence-electron chi connectivity index (χ3n) is 3.15. The maximum Gasteiger partial charge on any atom is 0.354 e. The molecule has 0 bridgehead atoms. The van der Waals surface area contributed by atoms with Crippen molar-refractivity contribution in [3.8, 4) is 16.9 Å². The maximum atomic E-state index is 13.0. The van der Waals surface area contributed by atoms with Gasteiger partial charge in [0.2, 0.25) is 0 Å². The van der Waals surface area contributed by atoms with Gasteiger partial charge in [-0.15, -0.1) is 0 Å². The van der Waals surface area contributed by atoms with Crippen LogP contribution in [-0.2, 0) is 0 Å². The molecular formula is C16H10ClFN2O2. The summed E-state index contributed by atoms with van der Waals surface area (Å²) in [6, 6.07) is 13.9. The van der Waals surface area contributed by atoms with E-state index in [-0.39, 0.29) is 5.69 Å². The largest absolute Gasteiger partial charge is 0.477 e. The fourth-order valence-electron chi connectivity index (χ4n) is 2.11. The minimum absolute atomic E-state index is 0.0264. The van der Waals surface area contributed by atoms with E-state index in [4.69, 9.17) is 11.6 Å². The number of nitrogens with zero attached hydrogens (tertiary/aromatic N) is 2. The highest BCUT2D eigenvalue weighted by atomic mass is 35.5. The van der Waals surface area contributed by atoms with Gasteiger partial charge in [-0.3, -0.25) is 0 Å². The van der Waals surface area contributed by atoms with Crippen LogP contribution in [0.5, 0.6) is 0 Å². The van der Waals surface area contributed by atoms with E-state index in [2.05, 4.69) is 5.10 Å². The summed E-state index contributed by atoms with van der Waals surface area (Å²) in [4.78, 5) is 11.4. The predicted octanol–water partition coefficient (Wildman–Crippen LogP) is 4.03. The molecule has 3 rings (SSSR count). The molecule has 0 aliphatic carbocycles. The van der Waals surface area contributed by atoms with Crippen molar-refractivity contribution < 1.29 is 14.3 Å². The number of hydrogen-bond donors (Lipinski definition) is 1. The van der Waals surface area contributed by atoms with Gasteiger partial charge in [0.1, 0.15) is 5.82 Å². The van der Waals surface area contributed by atoms with Crippen LogP contribution in [0.1, 0.15) is 10.5 Å². The molecule has 0 radical (unpaired) electrons. The maximum absolute atomic E-state index is 13.0. The predicted molar refractivity (Wildman–Crippen MR) is 80.9 cm³/mol. The lowest BCUT2D eigenvalue weighted by atomic mass is 10.1. The number of aromatic carboxylic acids is 1. The highest BCUT2D eigenvalue weighted by Gasteiger charge is 2.17. The van der Waals surface area contributed by atoms with Gasteiger partial charge in [0.25, 0.3) is 0 Å². The van der Waals surface area contributed by atoms with Gasteiger partial charge in [0.15, 0.2) is 5.69 Å². The smallest absolute Gasteiger partial charge is 0.354 e. The van der Waals surface area contributed by atoms with Gasteiger partial charge < -0.3 is 5.11 Å². The summed E-state index contributed by atoms with van der Waals surface area (Å²) in [7, 11) is 0. The number of carbonyl (C=O) groups is 1. The Kier molecular flexibility index (Phi) is 3.65. The molecule has 0 aliphatic rings. The molecule has 22 heavy (non-hydrogen) atoms. The zero-order valence-corrected chi connectivity index (χ0v) is 12.0. The second kappa shape index (κ2) is 5.61. The molecule has 0 saturated heterocycles. The molecule has 6 heteroatoms. The fourth-order valence-corrected chi connectivity index (χ4v) is 2.35. The molecular weight excluding hydrogens is 307 g/mol. The summed E-state index contributed by atoms with van der Waals surface area (Å²) in [5.74, 6) is -1.53. The SMILES string of the molecule is O=C(O)c1cc(-c2ccccc2Cl)nn1-c1ccc(F)cc1. The molecule has 0 atom stereocenters. The molecule has 0 unspecified atom stereocenters. The lowest BCUT2D eigenvalue weighted by Crippen LogP contribution is -2.07. The van der Waals surface area contributed by atoms with Gasteiger partial charge in [-0.25, -0.2) is 13.9 Å². The van der Waals surface area contributed by atoms with Gasteiger partial charge in [-0.2, -0.15) is 5.10 Å². The number of aromatic nitrogens is 2. The third-order valence-corrected chi connectivity index (χ3v) is 3.48. The third kappa shape index (κ3) is 2.58. The zero-order valence-electron chi connectivity index (χ0n) is 11.2. The standard InChI is InChI=1S/C16H10ClFN2O2/c17-13-4-2-1-3-12(13)14-9-15(16(21)22)20(19-14)11-7-5-10(18)6-8-11/h1-9H,(H,21,22). The molecule has 2 aromatic carbocycles. The lowest BCUT2D eigenvalue weighted by molar-refractivity contribution is 0.0687. The summed E-state index contributed by atoms with van der Waals surface area (Å²) in [6.45, 7) is 0. The Labute approximate surface area is 130 Å². The fraction of sp³-hybridized carbons (Fsp3) is 0. The number of carboxylic acids is 1. The monoisotopic (exact) mass is 316 g/mol. The van der Waals surface area contributed by atoms with E-state index in [0.717, 1.165) is 0 Å². The van der Waals surface area contributed by atoms with Crippen LogP contribution in [0, 0.1) is 5.82 Å². The van der Waals surface area contributed by atoms with E-state index in [0.29, 0.717) is 22.0 Å². The Morgan fingerprint density at radius 2 is 1.82 bits per heavy atom. The summed E-state index contributed by atoms with van der Waals surface area (Å²) in [6.07, 6.45) is 0. The van der Waals surface area contributed by atoms with E-state index in [1.54, 1.807) is 24.3 Å². The number of hydrogen-bond acceptors (Lipinski definition) is 2. The highest BCUT2D eigenvalue weighted by molar-refractivity contribution is 6.33. The summed E-state index contributed by atoms with van der Waals surface area (Å²) >= 11 is 6.12. The lowest BCUT2D eigenvalue weighted by Gasteiger charge is -2.04. The van der Waals surface area contributed by atoms with Crippen LogP contribution in [0.3, 0.4) is 0 Å². The highest BCUT2D eigenvalue weighted by Crippen LogP contribution is 2.28. The molecule has 0 amide bonds. The van der Waals surface area contributed by atoms with Gasteiger partial charge in [-0.1, -0.05) is 29.8 Å². The van der Waals surface area contributed by atoms with Gasteiger partial charge >= 0.3 is 5.97 Å². The first-order valence-corrected chi connectivity index (χ1v) is 6.78. The first kappa shape index (κ1) is 14.3. The molecule has 1 heterocycles. The Hall–Kier alpha value is -2.66. The van der Waals surface area contributed by atoms with Crippen molar-refractivity contribution in [2.24, 2.45) is 0 Å². The topological polar surface area (TPSA) is 55.1 Å². The average molecular weight is 317 g/mol. The molecule has 3 aromatic rings. The molecule has 0 aliphatic heterocycles. The van der Waals surface area contributed by atoms with Crippen LogP contribution < -0.4 is 0 Å². The quantitative estimate of drug-likeness (QED) is 0.793. The average Bonchev–Trinajstić information content (AvgIpc) is 2.93. The Morgan fingerprint density at radius 3 is 2.45 bits per heavy atom. The first-order valence-electron chi connectivity index (χ1n) is 6.40. The molecule has 1 N–H and O–H groups in total. The second-order valence-corrected chi connectivity index (χ2v) is 5.00. The molecule has 0 saturated carbocycles. The number of benzene rings is 2. The minimum atomic E-state index is -1.13. The van der Waals surface area contributed by atoms with Crippen molar-refractivity contribution in [2.45, 2.75) is 0 Å². The van der Waals surface area contributed by atoms with Crippen LogP contribution in [0.2, 0.25) is 5.02 Å². The van der Waals surface area contributed by atoms with Crippen molar-refractivity contribution in [3.05, 3.63) is 71.1 Å². The van der Waals surface area contributed by atoms with Crippen molar-refractivity contribution in [1.29, 1.82) is 0 Å². The molecule has 110 valence electrons. The van der Waals surface area contributed by atoms with Gasteiger partial charge in [0.05, 0.1) is 16.4 Å². The summed E-state index contributed by atoms with van der Waals surface area (Å²) < 4.78 is 14.3. The van der Waals surface area contributed by atoms with Crippen LogP contribution in [0.25, 0.3) is 16.9 Å². The van der Waals surface area contributed by atoms with Crippen molar-refractivity contribution >= 4 is 17.6 Å². The van der Waals surface area contributed by atoms with Crippen LogP contribution >= 0.6 is 11.6 Å². The number of halogens is 2. The van der Waals surface area contributed by atoms with E-state index in [9.17, 15) is 14.3 Å². The number of carboxylic acid groups (broad SMARTS) is 1. The Morgan fingerprint density at radius 1 is 1.14 bits per heavy atom. The van der Waals surface area contributed by atoms with E-state index in [1.807, 2.05) is 0 Å². The second-order valence-electron chi connectivity index (χ2n) is 4.59. The molecule has 4 nitrogen and oxygen atoms in total. The van der Waals surface area contributed by atoms with Crippen molar-refractivity contribution in [3.63, 3.8) is 0 Å². The van der Waals surface area contributed by atoms with Gasteiger partial charge in [0, 0.05) is 5.56 Å². The van der Waals surface area contributed by atoms with Crippen LogP contribution in [0.15, 0.2) is 54.6 Å².